The second kappa shape index (κ2) is 7.41. The minimum absolute atomic E-state index is 0.278. The van der Waals surface area contributed by atoms with Gasteiger partial charge in [0.1, 0.15) is 24.9 Å². The summed E-state index contributed by atoms with van der Waals surface area (Å²) in [6.07, 6.45) is 0.569. The molecule has 0 spiro atoms. The van der Waals surface area contributed by atoms with Gasteiger partial charge in [0.15, 0.2) is 0 Å². The predicted molar refractivity (Wildman–Crippen MR) is 107 cm³/mol. The Labute approximate surface area is 164 Å². The zero-order chi connectivity index (χ0) is 20.6. The molecule has 1 aliphatic heterocycles. The Kier molecular flexibility index (Phi) is 5.32. The van der Waals surface area contributed by atoms with Gasteiger partial charge in [-0.05, 0) is 13.0 Å². The van der Waals surface area contributed by atoms with E-state index in [9.17, 15) is 14.7 Å². The summed E-state index contributed by atoms with van der Waals surface area (Å²) in [5, 5.41) is 17.3. The molecular weight excluding hydrogens is 358 g/mol. The average Bonchev–Trinajstić information content (AvgIpc) is 3.00. The molecule has 3 atom stereocenters. The Balaban J connectivity index is 2.24. The van der Waals surface area contributed by atoms with Gasteiger partial charge < -0.3 is 25.0 Å². The molecule has 3 N–H and O–H groups in total. The lowest BCUT2D eigenvalue weighted by atomic mass is 9.83. The molecule has 2 heterocycles. The van der Waals surface area contributed by atoms with E-state index in [2.05, 4.69) is 17.2 Å². The van der Waals surface area contributed by atoms with Gasteiger partial charge in [0.05, 0.1) is 5.52 Å². The summed E-state index contributed by atoms with van der Waals surface area (Å²) in [7, 11) is 1.60. The highest BCUT2D eigenvalue weighted by molar-refractivity contribution is 5.98. The highest BCUT2D eigenvalue weighted by Crippen LogP contribution is 2.40. The van der Waals surface area contributed by atoms with Crippen molar-refractivity contribution >= 4 is 22.7 Å². The fourth-order valence-corrected chi connectivity index (χ4v) is 3.79. The molecule has 7 nitrogen and oxygen atoms in total. The second-order valence-electron chi connectivity index (χ2n) is 7.71. The number of carbonyl (C=O) groups excluding carboxylic acids is 2. The van der Waals surface area contributed by atoms with E-state index in [4.69, 9.17) is 4.74 Å². The maximum absolute atomic E-state index is 12.5. The first-order chi connectivity index (χ1) is 13.2. The van der Waals surface area contributed by atoms with Crippen LogP contribution in [0.2, 0.25) is 0 Å². The molecular formula is C21H27N3O4. The van der Waals surface area contributed by atoms with Crippen molar-refractivity contribution < 1.29 is 19.4 Å². The van der Waals surface area contributed by atoms with Gasteiger partial charge in [0.2, 0.25) is 11.8 Å². The van der Waals surface area contributed by atoms with Crippen LogP contribution < -0.4 is 10.6 Å². The van der Waals surface area contributed by atoms with E-state index in [1.807, 2.05) is 42.7 Å². The molecule has 0 saturated carbocycles. The van der Waals surface area contributed by atoms with E-state index in [0.29, 0.717) is 5.56 Å². The summed E-state index contributed by atoms with van der Waals surface area (Å²) >= 11 is 0. The van der Waals surface area contributed by atoms with Crippen molar-refractivity contribution in [3.63, 3.8) is 0 Å². The first kappa shape index (κ1) is 20.1. The molecule has 2 unspecified atom stereocenters. The smallest absolute Gasteiger partial charge is 0.246 e. The molecule has 1 aliphatic rings. The number of aliphatic hydroxyl groups is 1. The number of piperazine rings is 1. The van der Waals surface area contributed by atoms with Crippen LogP contribution in [0.1, 0.15) is 38.1 Å². The van der Waals surface area contributed by atoms with Gasteiger partial charge in [-0.3, -0.25) is 9.59 Å². The van der Waals surface area contributed by atoms with Crippen molar-refractivity contribution in [1.29, 1.82) is 0 Å². The normalized spacial score (nSPS) is 21.3. The van der Waals surface area contributed by atoms with E-state index < -0.39 is 29.5 Å². The minimum Gasteiger partial charge on any atom is -0.386 e. The quantitative estimate of drug-likeness (QED) is 0.661. The van der Waals surface area contributed by atoms with Crippen molar-refractivity contribution in [3.05, 3.63) is 48.2 Å². The lowest BCUT2D eigenvalue weighted by molar-refractivity contribution is -0.139. The lowest BCUT2D eigenvalue weighted by Crippen LogP contribution is -2.62. The molecule has 3 rings (SSSR count). The van der Waals surface area contributed by atoms with Crippen molar-refractivity contribution in [2.75, 3.05) is 7.11 Å². The van der Waals surface area contributed by atoms with E-state index in [1.54, 1.807) is 20.1 Å². The topological polar surface area (TPSA) is 92.6 Å². The van der Waals surface area contributed by atoms with Crippen LogP contribution in [0.4, 0.5) is 0 Å². The van der Waals surface area contributed by atoms with Gasteiger partial charge in [0, 0.05) is 29.2 Å². The van der Waals surface area contributed by atoms with E-state index >= 15 is 0 Å². The highest BCUT2D eigenvalue weighted by Gasteiger charge is 2.40. The SMILES string of the molecule is C=CC(C)(C)c1c(C(O)C2NC(=O)[C@H](C)NC2=O)c2ccccc2n1COC. The van der Waals surface area contributed by atoms with Crippen LogP contribution in [0.25, 0.3) is 10.9 Å². The zero-order valence-corrected chi connectivity index (χ0v) is 16.7. The second-order valence-corrected chi connectivity index (χ2v) is 7.71. The van der Waals surface area contributed by atoms with Crippen molar-refractivity contribution in [2.24, 2.45) is 0 Å². The number of rotatable bonds is 6. The van der Waals surface area contributed by atoms with Crippen LogP contribution in [0, 0.1) is 0 Å². The molecule has 0 aliphatic carbocycles. The van der Waals surface area contributed by atoms with Gasteiger partial charge in [0.25, 0.3) is 0 Å². The number of hydrogen-bond acceptors (Lipinski definition) is 4. The standard InChI is InChI=1S/C21H27N3O4/c1-6-21(3,4)18-15(13-9-7-8-10-14(13)24(18)11-28-5)17(25)16-20(27)22-12(2)19(26)23-16/h6-10,12,16-17,25H,1,11H2,2-5H3,(H,22,27)(H,23,26)/t12-,16?,17?/m0/s1. The van der Waals surface area contributed by atoms with Crippen LogP contribution >= 0.6 is 0 Å². The van der Waals surface area contributed by atoms with Crippen molar-refractivity contribution in [1.82, 2.24) is 15.2 Å². The third kappa shape index (κ3) is 3.21. The number of aromatic nitrogens is 1. The third-order valence-electron chi connectivity index (χ3n) is 5.33. The molecule has 150 valence electrons. The summed E-state index contributed by atoms with van der Waals surface area (Å²) in [6.45, 7) is 9.80. The Morgan fingerprint density at radius 3 is 2.61 bits per heavy atom. The summed E-state index contributed by atoms with van der Waals surface area (Å²) < 4.78 is 7.38. The number of amides is 2. The number of benzene rings is 1. The Morgan fingerprint density at radius 2 is 1.96 bits per heavy atom. The number of hydrogen-bond donors (Lipinski definition) is 3. The van der Waals surface area contributed by atoms with Crippen LogP contribution in [0.3, 0.4) is 0 Å². The molecule has 1 aromatic heterocycles. The van der Waals surface area contributed by atoms with Gasteiger partial charge in [-0.25, -0.2) is 0 Å². The fourth-order valence-electron chi connectivity index (χ4n) is 3.79. The molecule has 0 radical (unpaired) electrons. The number of carbonyl (C=O) groups is 2. The molecule has 2 amide bonds. The number of nitrogens with one attached hydrogen (secondary N) is 2. The maximum atomic E-state index is 12.5. The lowest BCUT2D eigenvalue weighted by Gasteiger charge is -2.33. The summed E-state index contributed by atoms with van der Waals surface area (Å²) in [4.78, 5) is 24.6. The van der Waals surface area contributed by atoms with Gasteiger partial charge in [-0.1, -0.05) is 38.1 Å². The number of nitrogens with zero attached hydrogens (tertiary/aromatic N) is 1. The Hall–Kier alpha value is -2.64. The molecule has 2 aromatic rings. The van der Waals surface area contributed by atoms with E-state index in [-0.39, 0.29) is 12.6 Å². The Morgan fingerprint density at radius 1 is 1.29 bits per heavy atom. The fraction of sp³-hybridized carbons (Fsp3) is 0.429. The zero-order valence-electron chi connectivity index (χ0n) is 16.7. The molecule has 1 aromatic carbocycles. The molecule has 7 heteroatoms. The van der Waals surface area contributed by atoms with Crippen molar-refractivity contribution in [3.8, 4) is 0 Å². The Bertz CT molecular complexity index is 931. The van der Waals surface area contributed by atoms with Crippen LogP contribution in [-0.4, -0.2) is 40.7 Å². The largest absolute Gasteiger partial charge is 0.386 e. The maximum Gasteiger partial charge on any atom is 0.246 e. The van der Waals surface area contributed by atoms with E-state index in [0.717, 1.165) is 16.6 Å². The average molecular weight is 385 g/mol. The number of aliphatic hydroxyl groups excluding tert-OH is 1. The van der Waals surface area contributed by atoms with Crippen molar-refractivity contribution in [2.45, 2.75) is 51.1 Å². The van der Waals surface area contributed by atoms with E-state index in [1.165, 1.54) is 0 Å². The van der Waals surface area contributed by atoms with Crippen LogP contribution in [-0.2, 0) is 26.5 Å². The summed E-state index contributed by atoms with van der Waals surface area (Å²) in [6, 6.07) is 5.91. The summed E-state index contributed by atoms with van der Waals surface area (Å²) in [5.41, 5.74) is 1.74. The third-order valence-corrected chi connectivity index (χ3v) is 5.33. The monoisotopic (exact) mass is 385 g/mol. The predicted octanol–water partition coefficient (Wildman–Crippen LogP) is 1.75. The first-order valence-electron chi connectivity index (χ1n) is 9.26. The first-order valence-corrected chi connectivity index (χ1v) is 9.26. The van der Waals surface area contributed by atoms with Crippen LogP contribution in [0.15, 0.2) is 36.9 Å². The minimum atomic E-state index is -1.23. The van der Waals surface area contributed by atoms with Crippen LogP contribution in [0.5, 0.6) is 0 Å². The highest BCUT2D eigenvalue weighted by atomic mass is 16.5. The number of ether oxygens (including phenoxy) is 1. The molecule has 1 saturated heterocycles. The van der Waals surface area contributed by atoms with Gasteiger partial charge >= 0.3 is 0 Å². The number of methoxy groups -OCH3 is 1. The number of fused-ring (bicyclic) bond motifs is 1. The number of para-hydroxylation sites is 1. The molecule has 28 heavy (non-hydrogen) atoms. The number of allylic oxidation sites excluding steroid dienone is 1. The molecule has 1 fully saturated rings. The van der Waals surface area contributed by atoms with Gasteiger partial charge in [-0.15, -0.1) is 6.58 Å². The summed E-state index contributed by atoms with van der Waals surface area (Å²) in [5.74, 6) is -0.737. The van der Waals surface area contributed by atoms with Gasteiger partial charge in [-0.2, -0.15) is 0 Å². The molecule has 0 bridgehead atoms.